The minimum absolute atomic E-state index is 0.102. The van der Waals surface area contributed by atoms with E-state index in [1.807, 2.05) is 0 Å². The Kier molecular flexibility index (Phi) is 3.29. The van der Waals surface area contributed by atoms with E-state index < -0.39 is 5.97 Å². The van der Waals surface area contributed by atoms with Crippen LogP contribution in [0.5, 0.6) is 0 Å². The second-order valence-corrected chi connectivity index (χ2v) is 6.10. The molecule has 3 atom stereocenters. The zero-order valence-corrected chi connectivity index (χ0v) is 11.2. The van der Waals surface area contributed by atoms with Crippen molar-refractivity contribution < 1.29 is 14.4 Å². The second-order valence-electron chi connectivity index (χ2n) is 6.10. The van der Waals surface area contributed by atoms with Gasteiger partial charge >= 0.3 is 5.97 Å². The number of carboxylic acids is 1. The van der Waals surface area contributed by atoms with Crippen LogP contribution in [-0.4, -0.2) is 21.2 Å². The molecule has 3 unspecified atom stereocenters. The molecule has 2 aliphatic carbocycles. The monoisotopic (exact) mass is 264 g/mol. The maximum atomic E-state index is 11.3. The highest BCUT2D eigenvalue weighted by molar-refractivity contribution is 5.71. The fourth-order valence-electron chi connectivity index (χ4n) is 3.59. The Morgan fingerprint density at radius 1 is 1.32 bits per heavy atom. The van der Waals surface area contributed by atoms with Gasteiger partial charge in [-0.3, -0.25) is 4.79 Å². The van der Waals surface area contributed by atoms with E-state index in [9.17, 15) is 9.90 Å². The third kappa shape index (κ3) is 2.38. The van der Waals surface area contributed by atoms with E-state index in [4.69, 9.17) is 4.52 Å². The normalized spacial score (nSPS) is 31.9. The van der Waals surface area contributed by atoms with Crippen LogP contribution in [-0.2, 0) is 4.79 Å². The number of nitrogens with zero attached hydrogens (tertiary/aromatic N) is 2. The molecule has 19 heavy (non-hydrogen) atoms. The molecule has 1 heterocycles. The largest absolute Gasteiger partial charge is 0.481 e. The summed E-state index contributed by atoms with van der Waals surface area (Å²) >= 11 is 0. The SMILES string of the molecule is CC1CC(C(=O)O)C(c2nc(C3CCCC3)no2)C1. The summed E-state index contributed by atoms with van der Waals surface area (Å²) in [5, 5.41) is 13.4. The van der Waals surface area contributed by atoms with Gasteiger partial charge in [0.05, 0.1) is 11.8 Å². The molecule has 0 radical (unpaired) electrons. The van der Waals surface area contributed by atoms with Gasteiger partial charge in [-0.15, -0.1) is 0 Å². The Balaban J connectivity index is 1.79. The van der Waals surface area contributed by atoms with Gasteiger partial charge in [-0.2, -0.15) is 4.98 Å². The summed E-state index contributed by atoms with van der Waals surface area (Å²) in [6.07, 6.45) is 6.26. The summed E-state index contributed by atoms with van der Waals surface area (Å²) in [5.74, 6) is 0.944. The maximum absolute atomic E-state index is 11.3. The molecule has 0 aromatic carbocycles. The molecule has 2 aliphatic rings. The maximum Gasteiger partial charge on any atom is 0.307 e. The van der Waals surface area contributed by atoms with Crippen LogP contribution in [0.1, 0.15) is 69.0 Å². The molecule has 5 nitrogen and oxygen atoms in total. The highest BCUT2D eigenvalue weighted by atomic mass is 16.5. The molecule has 0 aliphatic heterocycles. The molecule has 0 saturated heterocycles. The predicted octanol–water partition coefficient (Wildman–Crippen LogP) is 2.94. The van der Waals surface area contributed by atoms with Crippen molar-refractivity contribution in [1.29, 1.82) is 0 Å². The smallest absolute Gasteiger partial charge is 0.307 e. The number of rotatable bonds is 3. The Morgan fingerprint density at radius 2 is 2.05 bits per heavy atom. The Hall–Kier alpha value is -1.39. The zero-order valence-electron chi connectivity index (χ0n) is 11.2. The van der Waals surface area contributed by atoms with Crippen LogP contribution < -0.4 is 0 Å². The molecule has 0 spiro atoms. The summed E-state index contributed by atoms with van der Waals surface area (Å²) in [7, 11) is 0. The number of aliphatic carboxylic acids is 1. The number of carboxylic acid groups (broad SMARTS) is 1. The van der Waals surface area contributed by atoms with Crippen LogP contribution >= 0.6 is 0 Å². The van der Waals surface area contributed by atoms with Gasteiger partial charge in [-0.25, -0.2) is 0 Å². The van der Waals surface area contributed by atoms with Crippen molar-refractivity contribution in [3.05, 3.63) is 11.7 Å². The number of carbonyl (C=O) groups is 1. The first kappa shape index (κ1) is 12.6. The lowest BCUT2D eigenvalue weighted by Gasteiger charge is -2.10. The number of aromatic nitrogens is 2. The van der Waals surface area contributed by atoms with Crippen LogP contribution in [0.25, 0.3) is 0 Å². The summed E-state index contributed by atoms with van der Waals surface area (Å²) < 4.78 is 5.37. The third-order valence-electron chi connectivity index (χ3n) is 4.61. The molecule has 1 aromatic heterocycles. The summed E-state index contributed by atoms with van der Waals surface area (Å²) in [6.45, 7) is 2.09. The molecule has 1 N–H and O–H groups in total. The first-order valence-electron chi connectivity index (χ1n) is 7.21. The van der Waals surface area contributed by atoms with Crippen LogP contribution in [0.2, 0.25) is 0 Å². The van der Waals surface area contributed by atoms with Crippen molar-refractivity contribution in [1.82, 2.24) is 10.1 Å². The van der Waals surface area contributed by atoms with E-state index in [2.05, 4.69) is 17.1 Å². The lowest BCUT2D eigenvalue weighted by molar-refractivity contribution is -0.142. The van der Waals surface area contributed by atoms with Gasteiger partial charge in [0.15, 0.2) is 5.82 Å². The Bertz CT molecular complexity index is 465. The van der Waals surface area contributed by atoms with E-state index in [0.717, 1.165) is 25.1 Å². The predicted molar refractivity (Wildman–Crippen MR) is 67.8 cm³/mol. The molecular weight excluding hydrogens is 244 g/mol. The van der Waals surface area contributed by atoms with Crippen molar-refractivity contribution in [3.8, 4) is 0 Å². The van der Waals surface area contributed by atoms with Crippen molar-refractivity contribution >= 4 is 5.97 Å². The average molecular weight is 264 g/mol. The highest BCUT2D eigenvalue weighted by Crippen LogP contribution is 2.43. The van der Waals surface area contributed by atoms with E-state index in [1.165, 1.54) is 12.8 Å². The molecule has 0 bridgehead atoms. The molecule has 5 heteroatoms. The molecule has 2 fully saturated rings. The minimum Gasteiger partial charge on any atom is -0.481 e. The summed E-state index contributed by atoms with van der Waals surface area (Å²) in [6, 6.07) is 0. The lowest BCUT2D eigenvalue weighted by Crippen LogP contribution is -2.17. The standard InChI is InChI=1S/C14H20N2O3/c1-8-6-10(11(7-8)14(17)18)13-15-12(16-19-13)9-4-2-3-5-9/h8-11H,2-7H2,1H3,(H,17,18). The zero-order chi connectivity index (χ0) is 13.4. The van der Waals surface area contributed by atoms with Crippen molar-refractivity contribution in [2.45, 2.75) is 57.3 Å². The average Bonchev–Trinajstić information content (AvgIpc) is 3.07. The van der Waals surface area contributed by atoms with E-state index in [0.29, 0.717) is 24.1 Å². The van der Waals surface area contributed by atoms with E-state index in [-0.39, 0.29) is 11.8 Å². The van der Waals surface area contributed by atoms with Gasteiger partial charge in [-0.05, 0) is 31.6 Å². The lowest BCUT2D eigenvalue weighted by atomic mass is 9.96. The number of hydrogen-bond acceptors (Lipinski definition) is 4. The van der Waals surface area contributed by atoms with Gasteiger partial charge in [0, 0.05) is 5.92 Å². The number of hydrogen-bond donors (Lipinski definition) is 1. The highest BCUT2D eigenvalue weighted by Gasteiger charge is 2.41. The third-order valence-corrected chi connectivity index (χ3v) is 4.61. The van der Waals surface area contributed by atoms with Gasteiger partial charge in [0.25, 0.3) is 0 Å². The Morgan fingerprint density at radius 3 is 2.74 bits per heavy atom. The van der Waals surface area contributed by atoms with E-state index in [1.54, 1.807) is 0 Å². The fraction of sp³-hybridized carbons (Fsp3) is 0.786. The van der Waals surface area contributed by atoms with Gasteiger partial charge in [-0.1, -0.05) is 24.9 Å². The van der Waals surface area contributed by atoms with Gasteiger partial charge in [0.1, 0.15) is 0 Å². The van der Waals surface area contributed by atoms with Gasteiger partial charge in [0.2, 0.25) is 5.89 Å². The Labute approximate surface area is 112 Å². The summed E-state index contributed by atoms with van der Waals surface area (Å²) in [4.78, 5) is 15.8. The molecule has 1 aromatic rings. The molecule has 3 rings (SSSR count). The van der Waals surface area contributed by atoms with Crippen LogP contribution in [0.15, 0.2) is 4.52 Å². The molecule has 2 saturated carbocycles. The summed E-state index contributed by atoms with van der Waals surface area (Å²) in [5.41, 5.74) is 0. The molecule has 0 amide bonds. The van der Waals surface area contributed by atoms with Crippen molar-refractivity contribution in [2.24, 2.45) is 11.8 Å². The second kappa shape index (κ2) is 4.94. The van der Waals surface area contributed by atoms with Crippen molar-refractivity contribution in [2.75, 3.05) is 0 Å². The quantitative estimate of drug-likeness (QED) is 0.908. The first-order valence-corrected chi connectivity index (χ1v) is 7.21. The topological polar surface area (TPSA) is 76.2 Å². The fourth-order valence-corrected chi connectivity index (χ4v) is 3.59. The van der Waals surface area contributed by atoms with Gasteiger partial charge < -0.3 is 9.63 Å². The van der Waals surface area contributed by atoms with Crippen molar-refractivity contribution in [3.63, 3.8) is 0 Å². The van der Waals surface area contributed by atoms with Crippen LogP contribution in [0.3, 0.4) is 0 Å². The molecular formula is C14H20N2O3. The molecule has 104 valence electrons. The van der Waals surface area contributed by atoms with Crippen LogP contribution in [0, 0.1) is 11.8 Å². The van der Waals surface area contributed by atoms with E-state index >= 15 is 0 Å². The van der Waals surface area contributed by atoms with Crippen LogP contribution in [0.4, 0.5) is 0 Å². The minimum atomic E-state index is -0.741. The first-order chi connectivity index (χ1) is 9.15.